The van der Waals surface area contributed by atoms with Crippen LogP contribution in [0.4, 0.5) is 0 Å². The van der Waals surface area contributed by atoms with Crippen molar-refractivity contribution in [1.82, 2.24) is 27.4 Å². The van der Waals surface area contributed by atoms with Gasteiger partial charge in [0.05, 0.1) is 66.2 Å². The molecule has 9 heteroatoms. The summed E-state index contributed by atoms with van der Waals surface area (Å²) in [5.41, 5.74) is 33.8. The highest BCUT2D eigenvalue weighted by atomic mass is 32.1. The number of para-hydroxylation sites is 6. The average molecular weight is 1920 g/mol. The smallest absolute Gasteiger partial charge is 0.0634 e. The van der Waals surface area contributed by atoms with Gasteiger partial charge in [-0.25, -0.2) is 0 Å². The Balaban J connectivity index is 0.000000102. The third-order valence-electron chi connectivity index (χ3n) is 30.3. The fourth-order valence-corrected chi connectivity index (χ4v) is 27.1. The molecular formula is C138H86N6S3. The zero-order chi connectivity index (χ0) is 96.4. The first kappa shape index (κ1) is 84.2. The third-order valence-corrected chi connectivity index (χ3v) is 33.7. The van der Waals surface area contributed by atoms with E-state index < -0.39 is 0 Å². The lowest BCUT2D eigenvalue weighted by Gasteiger charge is -2.14. The molecule has 0 amide bonds. The van der Waals surface area contributed by atoms with Gasteiger partial charge in [0, 0.05) is 159 Å². The third kappa shape index (κ3) is 13.6. The average Bonchev–Trinajstić information content (AvgIpc) is 1.55. The lowest BCUT2D eigenvalue weighted by atomic mass is 9.98. The van der Waals surface area contributed by atoms with Crippen LogP contribution in [0.1, 0.15) is 0 Å². The van der Waals surface area contributed by atoms with E-state index in [0.29, 0.717) is 0 Å². The minimum absolute atomic E-state index is 1.15. The van der Waals surface area contributed by atoms with Crippen LogP contribution in [0.15, 0.2) is 522 Å². The van der Waals surface area contributed by atoms with E-state index in [1.165, 1.54) is 264 Å². The number of hydrogen-bond donors (Lipinski definition) is 0. The standard InChI is InChI=1S/2C48H30N2S.C42H26N2S/c1-4-14-31(15-5-1)33-26-34(32-16-6-2-7-17-32)28-36(27-33)49-42-22-12-10-20-37(42)40-29-41-38-24-25-46-47(39-21-11-13-23-45(39)51-46)48(38)50(44(41)30-43(40)49)35-18-8-3-9-19-35;1-3-12-31(13-4-1)32-22-24-33(25-23-32)34-14-11-17-36(28-34)49-42-20-9-7-18-37(42)40-29-41-38-26-27-46-47(39-19-8-10-21-45(39)51-46)48(38)50(44(41)30-43(40)49)35-15-5-2-6-16-35;1-3-12-27(13-4-1)28-14-11-17-30(24-28)43-36-20-9-7-18-31(36)34-25-35-32-22-23-40-41(33-19-8-10-21-39(33)45-40)42(32)44(38(35)26-37(34)43)29-15-5-2-6-16-29/h2*1-30H;1-26H. The Morgan fingerprint density at radius 3 is 0.673 bits per heavy atom. The quantitative estimate of drug-likeness (QED) is 0.124. The molecule has 0 saturated heterocycles. The van der Waals surface area contributed by atoms with Crippen LogP contribution in [-0.4, -0.2) is 27.4 Å². The number of benzene rings is 23. The highest BCUT2D eigenvalue weighted by Crippen LogP contribution is 2.52. The Kier molecular flexibility index (Phi) is 19.6. The van der Waals surface area contributed by atoms with Crippen LogP contribution < -0.4 is 0 Å². The molecular weight excluding hydrogens is 1840 g/mol. The van der Waals surface area contributed by atoms with Gasteiger partial charge < -0.3 is 27.4 Å². The second-order valence-electron chi connectivity index (χ2n) is 38.4. The van der Waals surface area contributed by atoms with Gasteiger partial charge in [-0.2, -0.15) is 0 Å². The van der Waals surface area contributed by atoms with E-state index in [4.69, 9.17) is 0 Å². The molecule has 0 radical (unpaired) electrons. The predicted octanol–water partition coefficient (Wildman–Crippen LogP) is 39.1. The lowest BCUT2D eigenvalue weighted by Crippen LogP contribution is -1.97. The van der Waals surface area contributed by atoms with E-state index in [1.54, 1.807) is 0 Å². The molecule has 147 heavy (non-hydrogen) atoms. The van der Waals surface area contributed by atoms with Crippen LogP contribution >= 0.6 is 34.0 Å². The molecule has 0 spiro atoms. The summed E-state index contributed by atoms with van der Waals surface area (Å²) in [6, 6.07) is 191. The molecule has 0 aliphatic carbocycles. The van der Waals surface area contributed by atoms with Gasteiger partial charge in [-0.3, -0.25) is 0 Å². The maximum atomic E-state index is 2.50. The van der Waals surface area contributed by atoms with Crippen molar-refractivity contribution in [3.8, 4) is 89.8 Å². The summed E-state index contributed by atoms with van der Waals surface area (Å²) in [6.45, 7) is 0. The Morgan fingerprint density at radius 1 is 0.109 bits per heavy atom. The molecule has 9 heterocycles. The summed E-state index contributed by atoms with van der Waals surface area (Å²) in [5.74, 6) is 0. The minimum Gasteiger partial charge on any atom is -0.309 e. The van der Waals surface area contributed by atoms with Crippen molar-refractivity contribution in [2.45, 2.75) is 0 Å². The van der Waals surface area contributed by atoms with Gasteiger partial charge in [0.15, 0.2) is 0 Å². The highest BCUT2D eigenvalue weighted by Gasteiger charge is 2.28. The van der Waals surface area contributed by atoms with Crippen molar-refractivity contribution in [2.75, 3.05) is 0 Å². The number of nitrogens with zero attached hydrogens (tertiary/aromatic N) is 6. The maximum Gasteiger partial charge on any atom is 0.0634 e. The number of thiophene rings is 3. The van der Waals surface area contributed by atoms with Gasteiger partial charge >= 0.3 is 0 Å². The van der Waals surface area contributed by atoms with Crippen LogP contribution in [0.25, 0.3) is 281 Å². The van der Waals surface area contributed by atoms with Crippen LogP contribution in [-0.2, 0) is 0 Å². The molecule has 686 valence electrons. The van der Waals surface area contributed by atoms with Crippen LogP contribution in [0.2, 0.25) is 0 Å². The molecule has 6 nitrogen and oxygen atoms in total. The Bertz CT molecular complexity index is 10900. The van der Waals surface area contributed by atoms with Crippen LogP contribution in [0.5, 0.6) is 0 Å². The van der Waals surface area contributed by atoms with Gasteiger partial charge in [0.2, 0.25) is 0 Å². The summed E-state index contributed by atoms with van der Waals surface area (Å²) in [4.78, 5) is 0. The summed E-state index contributed by atoms with van der Waals surface area (Å²) in [6.07, 6.45) is 0. The van der Waals surface area contributed by atoms with Crippen molar-refractivity contribution >= 4 is 225 Å². The van der Waals surface area contributed by atoms with E-state index >= 15 is 0 Å². The lowest BCUT2D eigenvalue weighted by molar-refractivity contribution is 1.17. The summed E-state index contributed by atoms with van der Waals surface area (Å²) in [5, 5.41) is 23.2. The first-order valence-corrected chi connectivity index (χ1v) is 52.7. The van der Waals surface area contributed by atoms with E-state index in [1.807, 2.05) is 34.0 Å². The van der Waals surface area contributed by atoms with E-state index in [0.717, 1.165) is 17.1 Å². The Hall–Kier alpha value is -18.5. The molecule has 0 N–H and O–H groups in total. The van der Waals surface area contributed by atoms with E-state index in [2.05, 4.69) is 549 Å². The first-order valence-electron chi connectivity index (χ1n) is 50.2. The van der Waals surface area contributed by atoms with Crippen molar-refractivity contribution in [3.05, 3.63) is 522 Å². The topological polar surface area (TPSA) is 29.6 Å². The van der Waals surface area contributed by atoms with Crippen LogP contribution in [0, 0.1) is 0 Å². The van der Waals surface area contributed by atoms with Crippen molar-refractivity contribution < 1.29 is 0 Å². The summed E-state index contributed by atoms with van der Waals surface area (Å²) >= 11 is 5.63. The molecule has 0 fully saturated rings. The van der Waals surface area contributed by atoms with Crippen molar-refractivity contribution in [1.29, 1.82) is 0 Å². The normalized spacial score (nSPS) is 11.9. The maximum absolute atomic E-state index is 2.50. The van der Waals surface area contributed by atoms with Crippen molar-refractivity contribution in [3.63, 3.8) is 0 Å². The predicted molar refractivity (Wildman–Crippen MR) is 631 cm³/mol. The van der Waals surface area contributed by atoms with E-state index in [9.17, 15) is 0 Å². The van der Waals surface area contributed by atoms with Crippen molar-refractivity contribution in [2.24, 2.45) is 0 Å². The van der Waals surface area contributed by atoms with Crippen LogP contribution in [0.3, 0.4) is 0 Å². The van der Waals surface area contributed by atoms with Gasteiger partial charge in [0.25, 0.3) is 0 Å². The molecule has 0 bridgehead atoms. The number of aromatic nitrogens is 6. The zero-order valence-electron chi connectivity index (χ0n) is 79.6. The fraction of sp³-hybridized carbons (Fsp3) is 0. The number of fused-ring (bicyclic) bond motifs is 30. The first-order chi connectivity index (χ1) is 72.9. The summed E-state index contributed by atoms with van der Waals surface area (Å²) in [7, 11) is 0. The van der Waals surface area contributed by atoms with E-state index in [-0.39, 0.29) is 0 Å². The SMILES string of the molecule is c1ccc(-c2cc(-c3ccccc3)cc(-n3c4ccccc4c4cc5c6ccc7sc8ccccc8c7c6n(-c6ccccc6)c5cc43)c2)cc1.c1ccc(-c2ccc(-c3cccc(-n4c5ccccc5c5cc6c7ccc8sc9ccccc9c8c7n(-c7ccccc7)c6cc54)c3)cc2)cc1.c1ccc(-c2cccc(-n3c4ccccc4c4cc5c6ccc7sc8ccccc8c7c6n(-c6ccccc6)c5cc43)c2)cc1. The van der Waals surface area contributed by atoms with Gasteiger partial charge in [-0.05, 0) is 225 Å². The number of hydrogen-bond acceptors (Lipinski definition) is 3. The minimum atomic E-state index is 1.15. The van der Waals surface area contributed by atoms with Gasteiger partial charge in [-0.15, -0.1) is 34.0 Å². The Labute approximate surface area is 857 Å². The zero-order valence-corrected chi connectivity index (χ0v) is 82.0. The van der Waals surface area contributed by atoms with Gasteiger partial charge in [0.1, 0.15) is 0 Å². The highest BCUT2D eigenvalue weighted by molar-refractivity contribution is 7.27. The van der Waals surface area contributed by atoms with Gasteiger partial charge in [-0.1, -0.05) is 352 Å². The molecule has 0 aliphatic heterocycles. The largest absolute Gasteiger partial charge is 0.309 e. The molecule has 23 aromatic carbocycles. The Morgan fingerprint density at radius 2 is 0.340 bits per heavy atom. The molecule has 0 unspecified atom stereocenters. The molecule has 32 rings (SSSR count). The molecule has 0 aliphatic rings. The number of rotatable bonds is 11. The monoisotopic (exact) mass is 1920 g/mol. The molecule has 9 aromatic heterocycles. The molecule has 0 saturated carbocycles. The second kappa shape index (κ2) is 34.1. The molecule has 0 atom stereocenters. The fourth-order valence-electron chi connectivity index (χ4n) is 23.8. The second-order valence-corrected chi connectivity index (χ2v) is 41.7. The molecule has 32 aromatic rings. The summed E-state index contributed by atoms with van der Waals surface area (Å²) < 4.78 is 22.8.